The quantitative estimate of drug-likeness (QED) is 0.616. The molecule has 2 rings (SSSR count). The van der Waals surface area contributed by atoms with Crippen LogP contribution in [0.4, 0.5) is 0 Å². The van der Waals surface area contributed by atoms with Crippen molar-refractivity contribution in [2.75, 3.05) is 12.4 Å². The Labute approximate surface area is 121 Å². The zero-order chi connectivity index (χ0) is 14.4. The first-order valence-electron chi connectivity index (χ1n) is 6.16. The van der Waals surface area contributed by atoms with Crippen LogP contribution >= 0.6 is 11.8 Å². The third-order valence-electron chi connectivity index (χ3n) is 2.76. The van der Waals surface area contributed by atoms with Crippen molar-refractivity contribution < 1.29 is 9.53 Å². The van der Waals surface area contributed by atoms with Gasteiger partial charge in [-0.2, -0.15) is 5.10 Å². The summed E-state index contributed by atoms with van der Waals surface area (Å²) in [5, 5.41) is 7.10. The fourth-order valence-electron chi connectivity index (χ4n) is 1.70. The summed E-state index contributed by atoms with van der Waals surface area (Å²) < 4.78 is 5.11. The summed E-state index contributed by atoms with van der Waals surface area (Å²) in [6.07, 6.45) is 1.41. The van der Waals surface area contributed by atoms with Gasteiger partial charge in [0.05, 0.1) is 6.61 Å². The van der Waals surface area contributed by atoms with Gasteiger partial charge in [0.15, 0.2) is 5.16 Å². The average Bonchev–Trinajstić information content (AvgIpc) is 2.99. The smallest absolute Gasteiger partial charge is 0.331 e. The number of benzene rings is 1. The van der Waals surface area contributed by atoms with Crippen LogP contribution in [0.2, 0.25) is 0 Å². The number of aromatic nitrogens is 3. The number of hydrogen-bond donors (Lipinski definition) is 2. The molecule has 0 aliphatic heterocycles. The zero-order valence-electron chi connectivity index (χ0n) is 11.1. The van der Waals surface area contributed by atoms with Crippen LogP contribution in [0.3, 0.4) is 0 Å². The van der Waals surface area contributed by atoms with E-state index >= 15 is 0 Å². The summed E-state index contributed by atoms with van der Waals surface area (Å²) in [7, 11) is 0. The molecule has 2 aromatic rings. The summed E-state index contributed by atoms with van der Waals surface area (Å²) >= 11 is 1.33. The predicted molar refractivity (Wildman–Crippen MR) is 76.0 cm³/mol. The summed E-state index contributed by atoms with van der Waals surface area (Å²) in [5.41, 5.74) is 5.81. The molecule has 0 bridgehead atoms. The van der Waals surface area contributed by atoms with Gasteiger partial charge in [0.1, 0.15) is 11.9 Å². The van der Waals surface area contributed by atoms with E-state index in [9.17, 15) is 4.79 Å². The van der Waals surface area contributed by atoms with Crippen molar-refractivity contribution >= 4 is 17.7 Å². The fraction of sp³-hybridized carbons (Fsp3) is 0.308. The van der Waals surface area contributed by atoms with Gasteiger partial charge in [-0.05, 0) is 12.5 Å². The van der Waals surface area contributed by atoms with Crippen LogP contribution in [0.25, 0.3) is 0 Å². The lowest BCUT2D eigenvalue weighted by Gasteiger charge is -2.26. The van der Waals surface area contributed by atoms with Crippen LogP contribution in [0.1, 0.15) is 12.5 Å². The molecule has 0 saturated heterocycles. The Kier molecular flexibility index (Phi) is 4.75. The van der Waals surface area contributed by atoms with E-state index in [0.717, 1.165) is 0 Å². The molecule has 7 heteroatoms. The Hall–Kier alpha value is -1.86. The second kappa shape index (κ2) is 6.53. The van der Waals surface area contributed by atoms with Crippen molar-refractivity contribution in [3.8, 4) is 0 Å². The van der Waals surface area contributed by atoms with E-state index in [-0.39, 0.29) is 6.61 Å². The number of thioether (sulfide) groups is 1. The standard InChI is InChI=1S/C13H16N4O2S/c1-2-19-11(18)13(14,10-6-4-3-5-7-10)8-20-12-15-9-16-17-12/h3-7,9H,2,8,14H2,1H3,(H,15,16,17). The zero-order valence-corrected chi connectivity index (χ0v) is 11.9. The van der Waals surface area contributed by atoms with Gasteiger partial charge in [-0.15, -0.1) is 0 Å². The Balaban J connectivity index is 2.22. The predicted octanol–water partition coefficient (Wildman–Crippen LogP) is 1.31. The molecule has 1 aromatic carbocycles. The van der Waals surface area contributed by atoms with E-state index in [1.165, 1.54) is 18.1 Å². The summed E-state index contributed by atoms with van der Waals surface area (Å²) in [6, 6.07) is 9.19. The molecular weight excluding hydrogens is 276 g/mol. The Morgan fingerprint density at radius 2 is 2.20 bits per heavy atom. The molecule has 1 aromatic heterocycles. The highest BCUT2D eigenvalue weighted by Gasteiger charge is 2.38. The van der Waals surface area contributed by atoms with Crippen molar-refractivity contribution in [2.45, 2.75) is 17.6 Å². The summed E-state index contributed by atoms with van der Waals surface area (Å²) in [6.45, 7) is 2.05. The second-order valence-corrected chi connectivity index (χ2v) is 5.10. The number of nitrogens with two attached hydrogens (primary N) is 1. The van der Waals surface area contributed by atoms with Crippen molar-refractivity contribution in [1.29, 1.82) is 0 Å². The number of carbonyl (C=O) groups is 1. The first-order chi connectivity index (χ1) is 9.66. The summed E-state index contributed by atoms with van der Waals surface area (Å²) in [4.78, 5) is 16.2. The number of ether oxygens (including phenoxy) is 1. The molecular formula is C13H16N4O2S. The first kappa shape index (κ1) is 14.5. The van der Waals surface area contributed by atoms with E-state index in [4.69, 9.17) is 10.5 Å². The van der Waals surface area contributed by atoms with Crippen LogP contribution in [0.5, 0.6) is 0 Å². The molecule has 3 N–H and O–H groups in total. The number of hydrogen-bond acceptors (Lipinski definition) is 6. The number of rotatable bonds is 6. The Morgan fingerprint density at radius 3 is 2.80 bits per heavy atom. The molecule has 0 aliphatic carbocycles. The number of nitrogens with zero attached hydrogens (tertiary/aromatic N) is 2. The molecule has 0 aliphatic rings. The normalized spacial score (nSPS) is 13.7. The van der Waals surface area contributed by atoms with Crippen LogP contribution in [-0.4, -0.2) is 33.5 Å². The molecule has 0 radical (unpaired) electrons. The van der Waals surface area contributed by atoms with E-state index in [2.05, 4.69) is 15.2 Å². The summed E-state index contributed by atoms with van der Waals surface area (Å²) in [5.74, 6) is -0.136. The minimum absolute atomic E-state index is 0.289. The fourth-order valence-corrected chi connectivity index (χ4v) is 2.59. The largest absolute Gasteiger partial charge is 0.464 e. The first-order valence-corrected chi connectivity index (χ1v) is 7.15. The number of aromatic amines is 1. The minimum atomic E-state index is -1.21. The van der Waals surface area contributed by atoms with Crippen molar-refractivity contribution in [3.05, 3.63) is 42.2 Å². The van der Waals surface area contributed by atoms with E-state index < -0.39 is 11.5 Å². The average molecular weight is 292 g/mol. The van der Waals surface area contributed by atoms with Gasteiger partial charge in [-0.25, -0.2) is 9.78 Å². The van der Waals surface area contributed by atoms with E-state index in [1.807, 2.05) is 30.3 Å². The molecule has 6 nitrogen and oxygen atoms in total. The SMILES string of the molecule is CCOC(=O)C(N)(CSc1ncn[nH]1)c1ccccc1. The molecule has 0 saturated carbocycles. The molecule has 106 valence electrons. The third-order valence-corrected chi connectivity index (χ3v) is 3.83. The van der Waals surface area contributed by atoms with Gasteiger partial charge in [-0.3, -0.25) is 5.10 Å². The van der Waals surface area contributed by atoms with Crippen molar-refractivity contribution in [1.82, 2.24) is 15.2 Å². The van der Waals surface area contributed by atoms with Crippen molar-refractivity contribution in [2.24, 2.45) is 5.73 Å². The molecule has 0 amide bonds. The molecule has 1 unspecified atom stereocenters. The molecule has 0 spiro atoms. The van der Waals surface area contributed by atoms with Gasteiger partial charge < -0.3 is 10.5 Å². The lowest BCUT2D eigenvalue weighted by molar-refractivity contribution is -0.149. The number of nitrogens with one attached hydrogen (secondary N) is 1. The third kappa shape index (κ3) is 3.17. The monoisotopic (exact) mass is 292 g/mol. The maximum absolute atomic E-state index is 12.2. The van der Waals surface area contributed by atoms with Gasteiger partial charge in [0.25, 0.3) is 0 Å². The van der Waals surface area contributed by atoms with Crippen LogP contribution < -0.4 is 5.73 Å². The maximum atomic E-state index is 12.2. The highest BCUT2D eigenvalue weighted by atomic mass is 32.2. The number of carbonyl (C=O) groups excluding carboxylic acids is 1. The van der Waals surface area contributed by atoms with Gasteiger partial charge >= 0.3 is 5.97 Å². The van der Waals surface area contributed by atoms with Crippen LogP contribution in [0.15, 0.2) is 41.8 Å². The van der Waals surface area contributed by atoms with Crippen LogP contribution in [0, 0.1) is 0 Å². The highest BCUT2D eigenvalue weighted by molar-refractivity contribution is 7.99. The molecule has 1 atom stereocenters. The number of H-pyrrole nitrogens is 1. The van der Waals surface area contributed by atoms with Crippen molar-refractivity contribution in [3.63, 3.8) is 0 Å². The van der Waals surface area contributed by atoms with Gasteiger partial charge in [0.2, 0.25) is 0 Å². The molecule has 0 fully saturated rings. The van der Waals surface area contributed by atoms with Gasteiger partial charge in [-0.1, -0.05) is 42.1 Å². The van der Waals surface area contributed by atoms with E-state index in [0.29, 0.717) is 16.5 Å². The maximum Gasteiger partial charge on any atom is 0.331 e. The highest BCUT2D eigenvalue weighted by Crippen LogP contribution is 2.27. The van der Waals surface area contributed by atoms with E-state index in [1.54, 1.807) is 6.92 Å². The Morgan fingerprint density at radius 1 is 1.45 bits per heavy atom. The lowest BCUT2D eigenvalue weighted by Crippen LogP contribution is -2.48. The topological polar surface area (TPSA) is 93.9 Å². The molecule has 1 heterocycles. The second-order valence-electron chi connectivity index (χ2n) is 4.14. The lowest BCUT2D eigenvalue weighted by atomic mass is 9.93. The van der Waals surface area contributed by atoms with Gasteiger partial charge in [0, 0.05) is 5.75 Å². The minimum Gasteiger partial charge on any atom is -0.464 e. The molecule has 20 heavy (non-hydrogen) atoms. The van der Waals surface area contributed by atoms with Crippen LogP contribution in [-0.2, 0) is 15.1 Å². The number of esters is 1. The Bertz CT molecular complexity index is 547.